The van der Waals surface area contributed by atoms with Crippen LogP contribution in [0, 0.1) is 10.8 Å². The number of benzene rings is 4. The number of ether oxygens (including phenoxy) is 2. The Morgan fingerprint density at radius 2 is 1.54 bits per heavy atom. The summed E-state index contributed by atoms with van der Waals surface area (Å²) in [5.41, 5.74) is 14.0. The zero-order valence-electron chi connectivity index (χ0n) is 33.8. The van der Waals surface area contributed by atoms with E-state index in [0.717, 1.165) is 65.7 Å². The number of rotatable bonds is 15. The molecule has 0 spiro atoms. The molecule has 2 aliphatic heterocycles. The van der Waals surface area contributed by atoms with Gasteiger partial charge in [-0.15, -0.1) is 0 Å². The van der Waals surface area contributed by atoms with Crippen LogP contribution >= 0.6 is 0 Å². The van der Waals surface area contributed by atoms with Gasteiger partial charge in [-0.25, -0.2) is 0 Å². The first-order valence-corrected chi connectivity index (χ1v) is 20.8. The molecule has 3 fully saturated rings. The number of nitrogens with zero attached hydrogens (tertiary/aromatic N) is 1. The second kappa shape index (κ2) is 17.9. The van der Waals surface area contributed by atoms with Gasteiger partial charge in [0.2, 0.25) is 11.8 Å². The Hall–Kier alpha value is -4.54. The average Bonchev–Trinajstić information content (AvgIpc) is 3.44. The quantitative estimate of drug-likeness (QED) is 0.0702. The van der Waals surface area contributed by atoms with Crippen molar-refractivity contribution in [2.75, 3.05) is 24.1 Å². The summed E-state index contributed by atoms with van der Waals surface area (Å²) in [5.74, 6) is -0.0645. The van der Waals surface area contributed by atoms with Gasteiger partial charge in [-0.2, -0.15) is 0 Å². The van der Waals surface area contributed by atoms with E-state index in [-0.39, 0.29) is 30.6 Å². The lowest BCUT2D eigenvalue weighted by atomic mass is 9.65. The number of nitrogens with two attached hydrogens (primary N) is 1. The van der Waals surface area contributed by atoms with E-state index in [9.17, 15) is 14.7 Å². The van der Waals surface area contributed by atoms with Crippen LogP contribution in [-0.4, -0.2) is 47.1 Å². The molecular weight excluding hydrogens is 713 g/mol. The Labute approximate surface area is 338 Å². The van der Waals surface area contributed by atoms with Crippen LogP contribution in [0.4, 0.5) is 11.4 Å². The van der Waals surface area contributed by atoms with Crippen molar-refractivity contribution in [2.24, 2.45) is 10.8 Å². The third-order valence-corrected chi connectivity index (χ3v) is 12.1. The maximum absolute atomic E-state index is 12.6. The van der Waals surface area contributed by atoms with Crippen LogP contribution in [-0.2, 0) is 32.2 Å². The Kier molecular flexibility index (Phi) is 12.8. The van der Waals surface area contributed by atoms with Gasteiger partial charge in [-0.1, -0.05) is 106 Å². The molecule has 4 aromatic rings. The standard InChI is InChI=1S/C48H60N4O5/c1-47(2)26-39-27-48(3,31-47)32-52(39)29-40-25-43(36-18-16-33(30-53)17-19-36)57-46(56-40)37-22-20-35(21-23-37)38-11-9-10-34(24-38)28-50-44(54)14-5-4-6-15-45(55)51-42-13-8-7-12-41(42)49/h7-13,16-24,39-40,43,46,53H,4-6,14-15,25-32,49H2,1-3H3,(H,50,54)(H,51,55). The number of anilines is 2. The van der Waals surface area contributed by atoms with Gasteiger partial charge >= 0.3 is 0 Å². The fourth-order valence-electron chi connectivity index (χ4n) is 9.64. The Bertz CT molecular complexity index is 1980. The molecule has 1 saturated carbocycles. The number of carbonyl (C=O) groups is 2. The first kappa shape index (κ1) is 40.6. The molecule has 4 aromatic carbocycles. The summed E-state index contributed by atoms with van der Waals surface area (Å²) < 4.78 is 13.5. The van der Waals surface area contributed by atoms with Crippen molar-refractivity contribution in [3.8, 4) is 11.1 Å². The molecule has 9 heteroatoms. The molecule has 2 amide bonds. The van der Waals surface area contributed by atoms with Crippen LogP contribution in [0.15, 0.2) is 97.1 Å². The van der Waals surface area contributed by atoms with E-state index in [0.29, 0.717) is 54.1 Å². The average molecular weight is 773 g/mol. The van der Waals surface area contributed by atoms with Gasteiger partial charge in [0.1, 0.15) is 0 Å². The molecule has 5 unspecified atom stereocenters. The Balaban J connectivity index is 0.927. The van der Waals surface area contributed by atoms with Gasteiger partial charge in [0.05, 0.1) is 30.2 Å². The van der Waals surface area contributed by atoms with Gasteiger partial charge in [0, 0.05) is 50.5 Å². The SMILES string of the molecule is CC1(C)CC2CC(C)(CN2CC2CC(c3ccc(CO)cc3)OC(c3ccc(-c4cccc(CNC(=O)CCCCCC(=O)Nc5ccccc5N)c4)cc3)O2)C1. The highest BCUT2D eigenvalue weighted by atomic mass is 16.7. The van der Waals surface area contributed by atoms with Gasteiger partial charge < -0.3 is 30.9 Å². The molecule has 0 aromatic heterocycles. The van der Waals surface area contributed by atoms with Crippen LogP contribution in [0.1, 0.15) is 113 Å². The van der Waals surface area contributed by atoms with Crippen LogP contribution < -0.4 is 16.4 Å². The van der Waals surface area contributed by atoms with Crippen LogP contribution in [0.3, 0.4) is 0 Å². The number of para-hydroxylation sites is 2. The zero-order chi connectivity index (χ0) is 40.0. The fraction of sp³-hybridized carbons (Fsp3) is 0.458. The highest BCUT2D eigenvalue weighted by molar-refractivity contribution is 5.93. The highest BCUT2D eigenvalue weighted by Gasteiger charge is 2.50. The van der Waals surface area contributed by atoms with Gasteiger partial charge in [-0.05, 0) is 89.0 Å². The maximum atomic E-state index is 12.6. The van der Waals surface area contributed by atoms with Gasteiger partial charge in [-0.3, -0.25) is 14.5 Å². The summed E-state index contributed by atoms with van der Waals surface area (Å²) in [6.45, 7) is 9.80. The number of amides is 2. The zero-order valence-corrected chi connectivity index (χ0v) is 33.8. The summed E-state index contributed by atoms with van der Waals surface area (Å²) in [6, 6.07) is 32.7. The molecule has 0 radical (unpaired) electrons. The molecule has 5 N–H and O–H groups in total. The Morgan fingerprint density at radius 1 is 0.807 bits per heavy atom. The fourth-order valence-corrected chi connectivity index (χ4v) is 9.64. The summed E-state index contributed by atoms with van der Waals surface area (Å²) in [5, 5.41) is 15.5. The molecule has 5 atom stereocenters. The molecule has 57 heavy (non-hydrogen) atoms. The number of nitrogen functional groups attached to an aromatic ring is 1. The molecule has 3 aliphatic rings. The van der Waals surface area contributed by atoms with E-state index >= 15 is 0 Å². The predicted molar refractivity (Wildman–Crippen MR) is 226 cm³/mol. The van der Waals surface area contributed by atoms with Gasteiger partial charge in [0.25, 0.3) is 0 Å². The minimum absolute atomic E-state index is 0.00512. The summed E-state index contributed by atoms with van der Waals surface area (Å²) >= 11 is 0. The summed E-state index contributed by atoms with van der Waals surface area (Å²) in [6.07, 6.45) is 7.00. The topological polar surface area (TPSA) is 126 Å². The summed E-state index contributed by atoms with van der Waals surface area (Å²) in [4.78, 5) is 27.6. The van der Waals surface area contributed by atoms with E-state index in [1.165, 1.54) is 19.3 Å². The number of carbonyl (C=O) groups excluding carboxylic acids is 2. The summed E-state index contributed by atoms with van der Waals surface area (Å²) in [7, 11) is 0. The van der Waals surface area contributed by atoms with E-state index < -0.39 is 6.29 Å². The van der Waals surface area contributed by atoms with Crippen molar-refractivity contribution in [3.05, 3.63) is 119 Å². The second-order valence-corrected chi connectivity index (χ2v) is 17.8. The van der Waals surface area contributed by atoms with Crippen molar-refractivity contribution >= 4 is 23.2 Å². The lowest BCUT2D eigenvalue weighted by molar-refractivity contribution is -0.253. The first-order valence-electron chi connectivity index (χ1n) is 20.8. The lowest BCUT2D eigenvalue weighted by Crippen LogP contribution is -2.42. The lowest BCUT2D eigenvalue weighted by Gasteiger charge is -2.41. The Morgan fingerprint density at radius 3 is 2.30 bits per heavy atom. The molecular formula is C48H60N4O5. The minimum atomic E-state index is -0.498. The van der Waals surface area contributed by atoms with E-state index in [4.69, 9.17) is 15.2 Å². The molecule has 2 saturated heterocycles. The van der Waals surface area contributed by atoms with E-state index in [2.05, 4.69) is 84.8 Å². The number of hydrogen-bond donors (Lipinski definition) is 4. The largest absolute Gasteiger partial charge is 0.397 e. The van der Waals surface area contributed by atoms with Gasteiger partial charge in [0.15, 0.2) is 6.29 Å². The van der Waals surface area contributed by atoms with Crippen LogP contribution in [0.25, 0.3) is 11.1 Å². The van der Waals surface area contributed by atoms with E-state index in [1.807, 2.05) is 36.4 Å². The van der Waals surface area contributed by atoms with Crippen molar-refractivity contribution in [1.82, 2.24) is 10.2 Å². The van der Waals surface area contributed by atoms with Crippen LogP contribution in [0.5, 0.6) is 0 Å². The number of aliphatic hydroxyl groups is 1. The van der Waals surface area contributed by atoms with E-state index in [1.54, 1.807) is 12.1 Å². The molecule has 302 valence electrons. The number of unbranched alkanes of at least 4 members (excludes halogenated alkanes) is 2. The predicted octanol–water partition coefficient (Wildman–Crippen LogP) is 9.08. The minimum Gasteiger partial charge on any atom is -0.397 e. The first-order chi connectivity index (χ1) is 27.4. The van der Waals surface area contributed by atoms with Crippen molar-refractivity contribution in [3.63, 3.8) is 0 Å². The molecule has 9 nitrogen and oxygen atoms in total. The van der Waals surface area contributed by atoms with Crippen LogP contribution in [0.2, 0.25) is 0 Å². The normalized spacial score (nSPS) is 24.2. The molecule has 1 aliphatic carbocycles. The third kappa shape index (κ3) is 10.7. The van der Waals surface area contributed by atoms with Crippen molar-refractivity contribution in [1.29, 1.82) is 0 Å². The second-order valence-electron chi connectivity index (χ2n) is 17.8. The molecule has 7 rings (SSSR count). The number of likely N-dealkylation sites (tertiary alicyclic amines) is 1. The van der Waals surface area contributed by atoms with Crippen molar-refractivity contribution in [2.45, 2.75) is 116 Å². The smallest absolute Gasteiger partial charge is 0.224 e. The molecule has 2 bridgehead atoms. The van der Waals surface area contributed by atoms with Crippen molar-refractivity contribution < 1.29 is 24.2 Å². The third-order valence-electron chi connectivity index (χ3n) is 12.1. The number of hydrogen-bond acceptors (Lipinski definition) is 7. The number of aliphatic hydroxyl groups excluding tert-OH is 1. The number of nitrogens with one attached hydrogen (secondary N) is 2. The molecule has 2 heterocycles. The monoisotopic (exact) mass is 772 g/mol. The highest BCUT2D eigenvalue weighted by Crippen LogP contribution is 2.53. The number of fused-ring (bicyclic) bond motifs is 2. The maximum Gasteiger partial charge on any atom is 0.224 e.